The molecule has 1 N–H and O–H groups in total. The van der Waals surface area contributed by atoms with Gasteiger partial charge in [0.1, 0.15) is 12.6 Å². The summed E-state index contributed by atoms with van der Waals surface area (Å²) >= 11 is 12.5. The molecular formula is C35H37Cl2N3O4S. The maximum Gasteiger partial charge on any atom is 0.264 e. The molecule has 0 radical (unpaired) electrons. The van der Waals surface area contributed by atoms with Crippen LogP contribution in [0.3, 0.4) is 0 Å². The largest absolute Gasteiger partial charge is 0.354 e. The van der Waals surface area contributed by atoms with Gasteiger partial charge >= 0.3 is 0 Å². The number of hydrogen-bond donors (Lipinski definition) is 1. The molecule has 0 unspecified atom stereocenters. The minimum absolute atomic E-state index is 0.00145. The van der Waals surface area contributed by atoms with Crippen molar-refractivity contribution >= 4 is 50.7 Å². The zero-order chi connectivity index (χ0) is 32.4. The topological polar surface area (TPSA) is 86.8 Å². The monoisotopic (exact) mass is 665 g/mol. The summed E-state index contributed by atoms with van der Waals surface area (Å²) < 4.78 is 29.2. The zero-order valence-electron chi connectivity index (χ0n) is 25.3. The van der Waals surface area contributed by atoms with Crippen LogP contribution in [0.5, 0.6) is 0 Å². The van der Waals surface area contributed by atoms with Gasteiger partial charge in [-0.15, -0.1) is 0 Å². The molecule has 0 aliphatic heterocycles. The lowest BCUT2D eigenvalue weighted by Gasteiger charge is -2.34. The van der Waals surface area contributed by atoms with Crippen molar-refractivity contribution < 1.29 is 18.0 Å². The highest BCUT2D eigenvalue weighted by atomic mass is 35.5. The molecule has 0 aromatic heterocycles. The molecule has 0 saturated carbocycles. The summed E-state index contributed by atoms with van der Waals surface area (Å²) in [6.45, 7) is 3.80. The van der Waals surface area contributed by atoms with Gasteiger partial charge in [-0.2, -0.15) is 0 Å². The number of amides is 2. The highest BCUT2D eigenvalue weighted by Gasteiger charge is 2.34. The first-order valence-corrected chi connectivity index (χ1v) is 17.0. The van der Waals surface area contributed by atoms with Gasteiger partial charge in [0.05, 0.1) is 20.6 Å². The van der Waals surface area contributed by atoms with Crippen LogP contribution in [-0.4, -0.2) is 44.3 Å². The first-order valence-electron chi connectivity index (χ1n) is 14.8. The molecule has 45 heavy (non-hydrogen) atoms. The Bertz CT molecular complexity index is 1700. The Labute approximate surface area is 275 Å². The molecule has 236 valence electrons. The lowest BCUT2D eigenvalue weighted by Crippen LogP contribution is -2.53. The van der Waals surface area contributed by atoms with Gasteiger partial charge in [0.15, 0.2) is 0 Å². The maximum atomic E-state index is 14.5. The van der Waals surface area contributed by atoms with E-state index in [-0.39, 0.29) is 23.8 Å². The molecule has 7 nitrogen and oxygen atoms in total. The van der Waals surface area contributed by atoms with Crippen molar-refractivity contribution in [1.29, 1.82) is 0 Å². The van der Waals surface area contributed by atoms with Gasteiger partial charge in [-0.1, -0.05) is 103 Å². The van der Waals surface area contributed by atoms with E-state index in [9.17, 15) is 18.0 Å². The number of unbranched alkanes of at least 4 members (excludes halogenated alkanes) is 1. The fourth-order valence-corrected chi connectivity index (χ4v) is 6.67. The van der Waals surface area contributed by atoms with Crippen molar-refractivity contribution in [2.24, 2.45) is 0 Å². The summed E-state index contributed by atoms with van der Waals surface area (Å²) in [7, 11) is -4.16. The van der Waals surface area contributed by atoms with E-state index in [1.165, 1.54) is 17.0 Å². The first kappa shape index (κ1) is 34.0. The maximum absolute atomic E-state index is 14.5. The predicted octanol–water partition coefficient (Wildman–Crippen LogP) is 7.05. The molecule has 0 aliphatic carbocycles. The molecule has 0 fully saturated rings. The van der Waals surface area contributed by atoms with E-state index in [1.807, 2.05) is 50.2 Å². The van der Waals surface area contributed by atoms with Gasteiger partial charge in [0.2, 0.25) is 11.8 Å². The molecule has 4 aromatic rings. The number of hydrogen-bond acceptors (Lipinski definition) is 4. The number of nitrogens with one attached hydrogen (secondary N) is 1. The van der Waals surface area contributed by atoms with Gasteiger partial charge in [-0.25, -0.2) is 8.42 Å². The lowest BCUT2D eigenvalue weighted by molar-refractivity contribution is -0.140. The Morgan fingerprint density at radius 1 is 0.822 bits per heavy atom. The van der Waals surface area contributed by atoms with E-state index < -0.39 is 28.5 Å². The van der Waals surface area contributed by atoms with Crippen LogP contribution >= 0.6 is 23.2 Å². The quantitative estimate of drug-likeness (QED) is 0.146. The Morgan fingerprint density at radius 3 is 2.16 bits per heavy atom. The van der Waals surface area contributed by atoms with Crippen LogP contribution in [-0.2, 0) is 32.6 Å². The van der Waals surface area contributed by atoms with Gasteiger partial charge in [0.25, 0.3) is 10.0 Å². The second-order valence-electron chi connectivity index (χ2n) is 10.8. The number of anilines is 1. The molecule has 0 aliphatic rings. The third-order valence-electron chi connectivity index (χ3n) is 7.34. The summed E-state index contributed by atoms with van der Waals surface area (Å²) in [4.78, 5) is 29.8. The minimum Gasteiger partial charge on any atom is -0.354 e. The molecule has 10 heteroatoms. The first-order chi connectivity index (χ1) is 21.6. The van der Waals surface area contributed by atoms with Crippen molar-refractivity contribution in [3.05, 3.63) is 130 Å². The lowest BCUT2D eigenvalue weighted by atomic mass is 10.0. The molecule has 0 heterocycles. The number of carbonyl (C=O) groups excluding carboxylic acids is 2. The summed E-state index contributed by atoms with van der Waals surface area (Å²) in [6.07, 6.45) is 1.89. The van der Waals surface area contributed by atoms with E-state index in [0.29, 0.717) is 27.8 Å². The molecule has 0 spiro atoms. The summed E-state index contributed by atoms with van der Waals surface area (Å²) in [5, 5.41) is 3.65. The van der Waals surface area contributed by atoms with Crippen LogP contribution in [0.25, 0.3) is 0 Å². The average Bonchev–Trinajstić information content (AvgIpc) is 3.04. The third-order valence-corrected chi connectivity index (χ3v) is 9.86. The number of halogens is 2. The number of aryl methyl sites for hydroxylation is 1. The highest BCUT2D eigenvalue weighted by molar-refractivity contribution is 7.92. The Hall–Kier alpha value is -3.85. The van der Waals surface area contributed by atoms with Gasteiger partial charge in [0, 0.05) is 19.5 Å². The fraction of sp³-hybridized carbons (Fsp3) is 0.257. The molecule has 0 saturated heterocycles. The molecule has 0 bridgehead atoms. The van der Waals surface area contributed by atoms with E-state index >= 15 is 0 Å². The van der Waals surface area contributed by atoms with Crippen molar-refractivity contribution in [3.8, 4) is 0 Å². The predicted molar refractivity (Wildman–Crippen MR) is 181 cm³/mol. The Balaban J connectivity index is 1.80. The number of sulfonamides is 1. The standard InChI is InChI=1S/C35H37Cl2N3O4S/c1-3-4-20-38-35(42)33(23-27-13-7-5-8-14-27)39(24-28-18-19-31(36)32(37)22-28)34(41)25-40(29-15-11-12-26(2)21-29)45(43,44)30-16-9-6-10-17-30/h5-19,21-22,33H,3-4,20,23-25H2,1-2H3,(H,38,42)/t33-/m0/s1. The summed E-state index contributed by atoms with van der Waals surface area (Å²) in [5.41, 5.74) is 2.67. The van der Waals surface area contributed by atoms with Crippen LogP contribution < -0.4 is 9.62 Å². The van der Waals surface area contributed by atoms with Crippen LogP contribution in [0.4, 0.5) is 5.69 Å². The Kier molecular flexibility index (Phi) is 12.0. The molecule has 1 atom stereocenters. The van der Waals surface area contributed by atoms with E-state index in [4.69, 9.17) is 23.2 Å². The minimum atomic E-state index is -4.16. The van der Waals surface area contributed by atoms with Gasteiger partial charge < -0.3 is 10.2 Å². The van der Waals surface area contributed by atoms with Crippen LogP contribution in [0, 0.1) is 6.92 Å². The molecule has 2 amide bonds. The van der Waals surface area contributed by atoms with Crippen molar-refractivity contribution in [1.82, 2.24) is 10.2 Å². The summed E-state index contributed by atoms with van der Waals surface area (Å²) in [6, 6.07) is 28.5. The van der Waals surface area contributed by atoms with E-state index in [2.05, 4.69) is 5.32 Å². The molecule has 4 aromatic carbocycles. The van der Waals surface area contributed by atoms with Crippen molar-refractivity contribution in [2.45, 2.75) is 50.6 Å². The van der Waals surface area contributed by atoms with Crippen LogP contribution in [0.15, 0.2) is 108 Å². The third kappa shape index (κ3) is 9.10. The van der Waals surface area contributed by atoms with Crippen LogP contribution in [0.1, 0.15) is 36.5 Å². The second kappa shape index (κ2) is 15.9. The van der Waals surface area contributed by atoms with Crippen molar-refractivity contribution in [2.75, 3.05) is 17.4 Å². The number of nitrogens with zero attached hydrogens (tertiary/aromatic N) is 2. The number of carbonyl (C=O) groups is 2. The second-order valence-corrected chi connectivity index (χ2v) is 13.5. The van der Waals surface area contributed by atoms with Crippen molar-refractivity contribution in [3.63, 3.8) is 0 Å². The van der Waals surface area contributed by atoms with E-state index in [1.54, 1.807) is 54.6 Å². The normalized spacial score (nSPS) is 11.9. The smallest absolute Gasteiger partial charge is 0.264 e. The SMILES string of the molecule is CCCCNC(=O)[C@H](Cc1ccccc1)N(Cc1ccc(Cl)c(Cl)c1)C(=O)CN(c1cccc(C)c1)S(=O)(=O)c1ccccc1. The average molecular weight is 667 g/mol. The van der Waals surface area contributed by atoms with Crippen LogP contribution in [0.2, 0.25) is 10.0 Å². The van der Waals surface area contributed by atoms with E-state index in [0.717, 1.165) is 28.3 Å². The zero-order valence-corrected chi connectivity index (χ0v) is 27.7. The summed E-state index contributed by atoms with van der Waals surface area (Å²) in [5.74, 6) is -0.873. The molecule has 4 rings (SSSR count). The Morgan fingerprint density at radius 2 is 1.51 bits per heavy atom. The highest BCUT2D eigenvalue weighted by Crippen LogP contribution is 2.27. The number of rotatable bonds is 14. The molecular weight excluding hydrogens is 629 g/mol. The fourth-order valence-electron chi connectivity index (χ4n) is 4.93. The number of benzene rings is 4. The van der Waals surface area contributed by atoms with Gasteiger partial charge in [-0.3, -0.25) is 13.9 Å². The van der Waals surface area contributed by atoms with Gasteiger partial charge in [-0.05, 0) is 66.4 Å².